The lowest BCUT2D eigenvalue weighted by atomic mass is 10.2. The van der Waals surface area contributed by atoms with Gasteiger partial charge >= 0.3 is 5.56 Å². The maximum atomic E-state index is 12.5. The van der Waals surface area contributed by atoms with Crippen molar-refractivity contribution >= 4 is 34.9 Å². The number of rotatable bonds is 6. The van der Waals surface area contributed by atoms with Gasteiger partial charge in [0.2, 0.25) is 11.0 Å². The van der Waals surface area contributed by atoms with E-state index < -0.39 is 5.56 Å². The van der Waals surface area contributed by atoms with Crippen molar-refractivity contribution in [3.05, 3.63) is 69.0 Å². The summed E-state index contributed by atoms with van der Waals surface area (Å²) in [6.45, 7) is 1.94. The number of nitrogens with zero attached hydrogens (tertiary/aromatic N) is 3. The monoisotopic (exact) mass is 403 g/mol. The molecule has 0 saturated heterocycles. The number of hydrogen-bond donors (Lipinski definition) is 2. The van der Waals surface area contributed by atoms with Crippen LogP contribution in [0.4, 0.5) is 11.5 Å². The number of benzene rings is 2. The third-order valence-corrected chi connectivity index (χ3v) is 5.15. The van der Waals surface area contributed by atoms with E-state index in [2.05, 4.69) is 15.5 Å². The van der Waals surface area contributed by atoms with Crippen molar-refractivity contribution in [1.82, 2.24) is 14.9 Å². The molecule has 0 unspecified atom stereocenters. The Hall–Kier alpha value is -2.71. The van der Waals surface area contributed by atoms with Crippen molar-refractivity contribution < 1.29 is 4.74 Å². The minimum absolute atomic E-state index is 0.0171. The number of nitrogen functional groups attached to an aromatic ring is 1. The SMILES string of the molecule is COc1ccc(C)cc1Nc1nnc(SCc2ccccc2Cl)n(N)c1=O. The molecular formula is C18H18ClN5O2S. The fourth-order valence-electron chi connectivity index (χ4n) is 2.37. The summed E-state index contributed by atoms with van der Waals surface area (Å²) in [6, 6.07) is 13.0. The van der Waals surface area contributed by atoms with E-state index >= 15 is 0 Å². The smallest absolute Gasteiger partial charge is 0.315 e. The van der Waals surface area contributed by atoms with Crippen LogP contribution < -0.4 is 21.5 Å². The first-order valence-corrected chi connectivity index (χ1v) is 9.38. The Morgan fingerprint density at radius 1 is 1.26 bits per heavy atom. The fourth-order valence-corrected chi connectivity index (χ4v) is 3.51. The molecule has 0 aliphatic heterocycles. The predicted octanol–water partition coefficient (Wildman–Crippen LogP) is 3.36. The lowest BCUT2D eigenvalue weighted by molar-refractivity contribution is 0.416. The summed E-state index contributed by atoms with van der Waals surface area (Å²) < 4.78 is 6.27. The Labute approximate surface area is 165 Å². The Morgan fingerprint density at radius 2 is 2.04 bits per heavy atom. The summed E-state index contributed by atoms with van der Waals surface area (Å²) >= 11 is 7.43. The molecule has 3 aromatic rings. The number of methoxy groups -OCH3 is 1. The summed E-state index contributed by atoms with van der Waals surface area (Å²) in [5.74, 6) is 7.04. The predicted molar refractivity (Wildman–Crippen MR) is 108 cm³/mol. The molecule has 2 aromatic carbocycles. The van der Waals surface area contributed by atoms with Crippen LogP contribution in [-0.4, -0.2) is 22.0 Å². The zero-order valence-corrected chi connectivity index (χ0v) is 16.3. The quantitative estimate of drug-likeness (QED) is 0.481. The van der Waals surface area contributed by atoms with Gasteiger partial charge in [0.25, 0.3) is 0 Å². The maximum absolute atomic E-state index is 12.5. The Kier molecular flexibility index (Phi) is 5.88. The van der Waals surface area contributed by atoms with Crippen molar-refractivity contribution in [1.29, 1.82) is 0 Å². The van der Waals surface area contributed by atoms with Gasteiger partial charge in [-0.05, 0) is 36.2 Å². The number of aromatic nitrogens is 3. The van der Waals surface area contributed by atoms with Crippen molar-refractivity contribution in [2.75, 3.05) is 18.3 Å². The van der Waals surface area contributed by atoms with Crippen molar-refractivity contribution in [3.63, 3.8) is 0 Å². The molecule has 140 valence electrons. The third-order valence-electron chi connectivity index (χ3n) is 3.79. The van der Waals surface area contributed by atoms with Crippen LogP contribution in [0.2, 0.25) is 5.02 Å². The number of thioether (sulfide) groups is 1. The van der Waals surface area contributed by atoms with E-state index in [1.54, 1.807) is 19.2 Å². The van der Waals surface area contributed by atoms with Crippen molar-refractivity contribution in [3.8, 4) is 5.75 Å². The number of anilines is 2. The van der Waals surface area contributed by atoms with Gasteiger partial charge in [0.15, 0.2) is 0 Å². The molecule has 27 heavy (non-hydrogen) atoms. The first-order chi connectivity index (χ1) is 13.0. The minimum atomic E-state index is -0.491. The molecule has 3 rings (SSSR count). The van der Waals surface area contributed by atoms with Crippen LogP contribution in [0.1, 0.15) is 11.1 Å². The molecule has 0 fully saturated rings. The van der Waals surface area contributed by atoms with Crippen molar-refractivity contribution in [2.45, 2.75) is 17.8 Å². The standard InChI is InChI=1S/C18H18ClN5O2S/c1-11-7-8-15(26-2)14(9-11)21-16-17(25)24(20)18(23-22-16)27-10-12-5-3-4-6-13(12)19/h3-9H,10,20H2,1-2H3,(H,21,22). The van der Waals surface area contributed by atoms with Gasteiger partial charge < -0.3 is 15.9 Å². The molecule has 0 aliphatic rings. The van der Waals surface area contributed by atoms with Gasteiger partial charge in [-0.2, -0.15) is 4.68 Å². The molecule has 0 saturated carbocycles. The second-order valence-corrected chi connectivity index (χ2v) is 7.06. The number of hydrogen-bond acceptors (Lipinski definition) is 7. The molecular weight excluding hydrogens is 386 g/mol. The van der Waals surface area contributed by atoms with Crippen LogP contribution in [0.25, 0.3) is 0 Å². The van der Waals surface area contributed by atoms with Gasteiger partial charge in [-0.15, -0.1) is 10.2 Å². The maximum Gasteiger partial charge on any atom is 0.315 e. The third kappa shape index (κ3) is 4.35. The normalized spacial score (nSPS) is 10.6. The van der Waals surface area contributed by atoms with Crippen LogP contribution in [-0.2, 0) is 5.75 Å². The number of nitrogens with two attached hydrogens (primary N) is 1. The highest BCUT2D eigenvalue weighted by Gasteiger charge is 2.13. The van der Waals surface area contributed by atoms with E-state index in [9.17, 15) is 4.79 Å². The highest BCUT2D eigenvalue weighted by Crippen LogP contribution is 2.27. The molecule has 0 radical (unpaired) electrons. The average molecular weight is 404 g/mol. The Balaban J connectivity index is 1.82. The lowest BCUT2D eigenvalue weighted by Gasteiger charge is -2.12. The average Bonchev–Trinajstić information content (AvgIpc) is 2.66. The van der Waals surface area contributed by atoms with E-state index in [-0.39, 0.29) is 5.82 Å². The van der Waals surface area contributed by atoms with E-state index in [0.29, 0.717) is 27.4 Å². The lowest BCUT2D eigenvalue weighted by Crippen LogP contribution is -2.32. The topological polar surface area (TPSA) is 95.1 Å². The molecule has 0 spiro atoms. The molecule has 0 aliphatic carbocycles. The van der Waals surface area contributed by atoms with Crippen LogP contribution in [0.3, 0.4) is 0 Å². The van der Waals surface area contributed by atoms with Crippen LogP contribution in [0.15, 0.2) is 52.4 Å². The zero-order valence-electron chi connectivity index (χ0n) is 14.8. The largest absolute Gasteiger partial charge is 0.495 e. The molecule has 0 atom stereocenters. The van der Waals surface area contributed by atoms with E-state index in [0.717, 1.165) is 15.8 Å². The molecule has 9 heteroatoms. The van der Waals surface area contributed by atoms with Gasteiger partial charge in [-0.25, -0.2) is 0 Å². The van der Waals surface area contributed by atoms with E-state index in [4.69, 9.17) is 22.2 Å². The molecule has 7 nitrogen and oxygen atoms in total. The highest BCUT2D eigenvalue weighted by atomic mass is 35.5. The minimum Gasteiger partial charge on any atom is -0.495 e. The Morgan fingerprint density at radius 3 is 2.78 bits per heavy atom. The number of aryl methyl sites for hydroxylation is 1. The van der Waals surface area contributed by atoms with Gasteiger partial charge in [0.05, 0.1) is 12.8 Å². The molecule has 0 bridgehead atoms. The van der Waals surface area contributed by atoms with E-state index in [1.165, 1.54) is 11.8 Å². The summed E-state index contributed by atoms with van der Waals surface area (Å²) in [7, 11) is 1.55. The number of ether oxygens (including phenoxy) is 1. The van der Waals surface area contributed by atoms with Crippen LogP contribution in [0.5, 0.6) is 5.75 Å². The van der Waals surface area contributed by atoms with Gasteiger partial charge in [-0.1, -0.05) is 47.6 Å². The molecule has 0 amide bonds. The summed E-state index contributed by atoms with van der Waals surface area (Å²) in [4.78, 5) is 12.5. The first kappa shape index (κ1) is 19.1. The van der Waals surface area contributed by atoms with Crippen LogP contribution in [0, 0.1) is 6.92 Å². The molecule has 3 N–H and O–H groups in total. The van der Waals surface area contributed by atoms with Crippen LogP contribution >= 0.6 is 23.4 Å². The van der Waals surface area contributed by atoms with Gasteiger partial charge in [0.1, 0.15) is 5.75 Å². The van der Waals surface area contributed by atoms with Gasteiger partial charge in [-0.3, -0.25) is 4.79 Å². The number of halogens is 1. The Bertz CT molecular complexity index is 1020. The van der Waals surface area contributed by atoms with Crippen molar-refractivity contribution in [2.24, 2.45) is 0 Å². The molecule has 1 heterocycles. The first-order valence-electron chi connectivity index (χ1n) is 8.02. The second kappa shape index (κ2) is 8.32. The second-order valence-electron chi connectivity index (χ2n) is 5.72. The summed E-state index contributed by atoms with van der Waals surface area (Å²) in [5, 5.41) is 11.9. The fraction of sp³-hybridized carbons (Fsp3) is 0.167. The highest BCUT2D eigenvalue weighted by molar-refractivity contribution is 7.98. The number of nitrogens with one attached hydrogen (secondary N) is 1. The van der Waals surface area contributed by atoms with Gasteiger partial charge in [0, 0.05) is 10.8 Å². The van der Waals surface area contributed by atoms with E-state index in [1.807, 2.05) is 37.3 Å². The zero-order chi connectivity index (χ0) is 19.4. The summed E-state index contributed by atoms with van der Waals surface area (Å²) in [6.07, 6.45) is 0. The summed E-state index contributed by atoms with van der Waals surface area (Å²) in [5.41, 5.74) is 2.05. The molecule has 1 aromatic heterocycles.